The van der Waals surface area contributed by atoms with E-state index < -0.39 is 37.6 Å². The number of halogens is 2. The molecule has 8 nitrogen and oxygen atoms in total. The van der Waals surface area contributed by atoms with E-state index in [2.05, 4.69) is 4.98 Å². The highest BCUT2D eigenvalue weighted by atomic mass is 35.5. The molecule has 0 unspecified atom stereocenters. The fraction of sp³-hybridized carbons (Fsp3) is 0.348. The van der Waals surface area contributed by atoms with Crippen LogP contribution in [-0.2, 0) is 34.8 Å². The Morgan fingerprint density at radius 3 is 2.73 bits per heavy atom. The Kier molecular flexibility index (Phi) is 4.64. The summed E-state index contributed by atoms with van der Waals surface area (Å²) in [5.74, 6) is -1.12. The van der Waals surface area contributed by atoms with Gasteiger partial charge in [-0.1, -0.05) is 6.92 Å². The summed E-state index contributed by atoms with van der Waals surface area (Å²) >= 11 is 0. The van der Waals surface area contributed by atoms with Crippen molar-refractivity contribution in [3.05, 3.63) is 56.9 Å². The first-order chi connectivity index (χ1) is 17.2. The summed E-state index contributed by atoms with van der Waals surface area (Å²) in [6.45, 7) is -5.07. The second-order valence-electron chi connectivity index (χ2n) is 7.82. The predicted molar refractivity (Wildman–Crippen MR) is 128 cm³/mol. The van der Waals surface area contributed by atoms with Gasteiger partial charge in [0.25, 0.3) is 5.56 Å². The van der Waals surface area contributed by atoms with E-state index in [0.717, 1.165) is 0 Å². The number of cyclic esters (lactones) is 1. The molecule has 0 fully saturated rings. The second-order valence-corrected chi connectivity index (χ2v) is 7.82. The number of phenolic OH excluding ortho intramolecular Hbond substituents is 1. The van der Waals surface area contributed by atoms with Gasteiger partial charge in [-0.2, -0.15) is 0 Å². The molecule has 0 saturated carbocycles. The molecule has 3 aromatic rings. The molecule has 10 heteroatoms. The normalized spacial score (nSPS) is 21.6. The van der Waals surface area contributed by atoms with Gasteiger partial charge in [-0.15, -0.1) is 24.8 Å². The number of carbonyl (C=O) groups excluding carboxylic acids is 1. The van der Waals surface area contributed by atoms with Crippen molar-refractivity contribution in [2.45, 2.75) is 38.6 Å². The minimum atomic E-state index is -2.96. The van der Waals surface area contributed by atoms with Gasteiger partial charge in [0.05, 0.1) is 29.0 Å². The molecule has 1 atom stereocenters. The van der Waals surface area contributed by atoms with Crippen LogP contribution < -0.4 is 5.56 Å². The molecule has 2 aliphatic rings. The second kappa shape index (κ2) is 8.61. The number of hydrogen-bond acceptors (Lipinski definition) is 7. The van der Waals surface area contributed by atoms with Gasteiger partial charge < -0.3 is 24.4 Å². The quantitative estimate of drug-likeness (QED) is 0.417. The van der Waals surface area contributed by atoms with Gasteiger partial charge in [0.1, 0.15) is 12.4 Å². The molecule has 0 bridgehead atoms. The van der Waals surface area contributed by atoms with Gasteiger partial charge in [-0.3, -0.25) is 4.79 Å². The number of benzene rings is 1. The van der Waals surface area contributed by atoms with Gasteiger partial charge in [-0.25, -0.2) is 9.78 Å². The van der Waals surface area contributed by atoms with Gasteiger partial charge in [0.2, 0.25) is 0 Å². The maximum absolute atomic E-state index is 13.3. The standard InChI is InChI=1S/C23H23N3O5.2ClH/c1-4-23(30)16-8-18-20-12(9-26(18)21(28)15(16)11-31-22(23)29)7-13-14(10-25(2)3)19(27)6-5-17(13)24-20;;/h5-8,27,30H,4,9-11H2,1-3H3;2*1H/t23-;;/m0../s1/i2D3,3D3;;. The molecule has 0 spiro atoms. The van der Waals surface area contributed by atoms with E-state index in [1.807, 2.05) is 0 Å². The lowest BCUT2D eigenvalue weighted by Gasteiger charge is -2.31. The summed E-state index contributed by atoms with van der Waals surface area (Å²) in [7, 11) is 0. The molecule has 33 heavy (non-hydrogen) atoms. The summed E-state index contributed by atoms with van der Waals surface area (Å²) in [6, 6.07) is 6.01. The number of carbonyl (C=O) groups is 1. The third kappa shape index (κ3) is 3.58. The van der Waals surface area contributed by atoms with Crippen LogP contribution in [0, 0.1) is 0 Å². The maximum Gasteiger partial charge on any atom is 0.343 e. The number of aromatic nitrogens is 2. The molecule has 0 amide bonds. The average molecular weight is 500 g/mol. The zero-order valence-electron chi connectivity index (χ0n) is 23.4. The van der Waals surface area contributed by atoms with E-state index in [1.54, 1.807) is 19.1 Å². The minimum absolute atomic E-state index is 0. The number of aromatic hydroxyl groups is 1. The molecule has 2 aliphatic heterocycles. The molecular weight excluding hydrogens is 469 g/mol. The first-order valence-corrected chi connectivity index (χ1v) is 9.76. The smallest absolute Gasteiger partial charge is 0.343 e. The molecule has 5 rings (SSSR count). The Morgan fingerprint density at radius 1 is 1.27 bits per heavy atom. The predicted octanol–water partition coefficient (Wildman–Crippen LogP) is 2.69. The number of fused-ring (bicyclic) bond motifs is 5. The van der Waals surface area contributed by atoms with Gasteiger partial charge in [0, 0.05) is 36.8 Å². The number of aliphatic hydroxyl groups is 1. The molecule has 2 N–H and O–H groups in total. The lowest BCUT2D eigenvalue weighted by atomic mass is 9.86. The number of nitrogens with zero attached hydrogens (tertiary/aromatic N) is 3. The lowest BCUT2D eigenvalue weighted by molar-refractivity contribution is -0.172. The zero-order chi connectivity index (χ0) is 27.1. The van der Waals surface area contributed by atoms with Crippen LogP contribution in [-0.4, -0.2) is 44.6 Å². The minimum Gasteiger partial charge on any atom is -0.508 e. The van der Waals surface area contributed by atoms with Crippen molar-refractivity contribution >= 4 is 41.7 Å². The summed E-state index contributed by atoms with van der Waals surface area (Å²) in [6.07, 6.45) is 0.00581. The van der Waals surface area contributed by atoms with Crippen LogP contribution >= 0.6 is 24.8 Å². The first kappa shape index (κ1) is 17.8. The van der Waals surface area contributed by atoms with Gasteiger partial charge in [-0.05, 0) is 44.6 Å². The van der Waals surface area contributed by atoms with Crippen molar-refractivity contribution in [2.75, 3.05) is 14.0 Å². The molecule has 0 radical (unpaired) electrons. The Labute approximate surface area is 211 Å². The van der Waals surface area contributed by atoms with Crippen molar-refractivity contribution < 1.29 is 28.0 Å². The number of phenols is 1. The summed E-state index contributed by atoms with van der Waals surface area (Å²) < 4.78 is 52.5. The fourth-order valence-electron chi connectivity index (χ4n) is 4.42. The van der Waals surface area contributed by atoms with Crippen LogP contribution in [0.5, 0.6) is 5.75 Å². The first-order valence-electron chi connectivity index (χ1n) is 12.8. The Balaban J connectivity index is 0.00000210. The fourth-order valence-corrected chi connectivity index (χ4v) is 4.42. The number of hydrogen-bond donors (Lipinski definition) is 2. The van der Waals surface area contributed by atoms with Gasteiger partial charge >= 0.3 is 5.97 Å². The highest BCUT2D eigenvalue weighted by Gasteiger charge is 2.45. The lowest BCUT2D eigenvalue weighted by Crippen LogP contribution is -2.44. The molecule has 4 heterocycles. The van der Waals surface area contributed by atoms with E-state index in [4.69, 9.17) is 13.0 Å². The molecule has 1 aromatic carbocycles. The van der Waals surface area contributed by atoms with Crippen LogP contribution in [0.1, 0.15) is 43.8 Å². The van der Waals surface area contributed by atoms with E-state index in [1.165, 1.54) is 16.7 Å². The third-order valence-corrected chi connectivity index (χ3v) is 6.09. The van der Waals surface area contributed by atoms with Crippen LogP contribution in [0.3, 0.4) is 0 Å². The third-order valence-electron chi connectivity index (χ3n) is 6.09. The number of esters is 1. The maximum atomic E-state index is 13.3. The highest BCUT2D eigenvalue weighted by Crippen LogP contribution is 2.39. The van der Waals surface area contributed by atoms with E-state index >= 15 is 0 Å². The van der Waals surface area contributed by atoms with Gasteiger partial charge in [0.15, 0.2) is 5.60 Å². The molecule has 176 valence electrons. The Morgan fingerprint density at radius 2 is 2.03 bits per heavy atom. The number of rotatable bonds is 3. The van der Waals surface area contributed by atoms with Crippen LogP contribution in [0.25, 0.3) is 22.3 Å². The van der Waals surface area contributed by atoms with E-state index in [0.29, 0.717) is 32.8 Å². The van der Waals surface area contributed by atoms with Crippen molar-refractivity contribution in [3.8, 4) is 17.1 Å². The molecule has 0 aliphatic carbocycles. The van der Waals surface area contributed by atoms with Crippen LogP contribution in [0.2, 0.25) is 0 Å². The summed E-state index contributed by atoms with van der Waals surface area (Å²) in [5, 5.41) is 21.9. The molecular formula is C23H25Cl2N3O5. The Hall–Kier alpha value is -2.65. The number of ether oxygens (including phenoxy) is 1. The van der Waals surface area contributed by atoms with Crippen LogP contribution in [0.15, 0.2) is 29.1 Å². The van der Waals surface area contributed by atoms with Crippen molar-refractivity contribution in [2.24, 2.45) is 0 Å². The van der Waals surface area contributed by atoms with Crippen molar-refractivity contribution in [3.63, 3.8) is 0 Å². The monoisotopic (exact) mass is 499 g/mol. The molecule has 0 saturated heterocycles. The van der Waals surface area contributed by atoms with E-state index in [-0.39, 0.29) is 66.8 Å². The van der Waals surface area contributed by atoms with Crippen molar-refractivity contribution in [1.82, 2.24) is 14.5 Å². The SMILES string of the molecule is Cl.Cl.[2H]C([2H])([2H])N(Cc1c(O)ccc2nc3c(cc12)Cn1c-3cc2c(c1=O)COC(=O)[C@]2(O)CC)C([2H])([2H])[2H]. The van der Waals surface area contributed by atoms with E-state index in [9.17, 15) is 19.8 Å². The summed E-state index contributed by atoms with van der Waals surface area (Å²) in [5.41, 5.74) is -0.256. The largest absolute Gasteiger partial charge is 0.508 e. The average Bonchev–Trinajstić information content (AvgIpc) is 3.16. The van der Waals surface area contributed by atoms with Crippen molar-refractivity contribution in [1.29, 1.82) is 0 Å². The number of pyridine rings is 2. The topological polar surface area (TPSA) is 105 Å². The van der Waals surface area contributed by atoms with Crippen LogP contribution in [0.4, 0.5) is 0 Å². The molecule has 2 aromatic heterocycles. The Bertz CT molecular complexity index is 1530. The highest BCUT2D eigenvalue weighted by molar-refractivity contribution is 5.89. The summed E-state index contributed by atoms with van der Waals surface area (Å²) in [4.78, 5) is 30.7. The zero-order valence-corrected chi connectivity index (χ0v) is 19.0.